The summed E-state index contributed by atoms with van der Waals surface area (Å²) >= 11 is 1.88. The summed E-state index contributed by atoms with van der Waals surface area (Å²) in [6, 6.07) is 87.3. The highest BCUT2D eigenvalue weighted by Crippen LogP contribution is 2.57. The van der Waals surface area contributed by atoms with E-state index >= 15 is 0 Å². The van der Waals surface area contributed by atoms with Crippen LogP contribution in [0.3, 0.4) is 0 Å². The van der Waals surface area contributed by atoms with E-state index in [2.05, 4.69) is 241 Å². The summed E-state index contributed by atoms with van der Waals surface area (Å²) in [5.74, 6) is 0. The van der Waals surface area contributed by atoms with Crippen LogP contribution in [-0.4, -0.2) is 0 Å². The highest BCUT2D eigenvalue weighted by atomic mass is 32.1. The molecule has 61 heavy (non-hydrogen) atoms. The predicted molar refractivity (Wildman–Crippen MR) is 260 cm³/mol. The van der Waals surface area contributed by atoms with Gasteiger partial charge in [-0.05, 0) is 109 Å². The monoisotopic (exact) mass is 793 g/mol. The molecule has 0 amide bonds. The molecule has 1 aromatic heterocycles. The summed E-state index contributed by atoms with van der Waals surface area (Å²) in [7, 11) is 0. The standard InChI is InChI=1S/C59H39NS/c1-3-19-43(20-4-1)59(44-21-5-2-6-22-44)55-30-11-9-25-51(55)52-37-36-47(39-56(52)59)60(45-34-32-41(33-35-45)49-27-14-17-40-16-7-8-24-48(40)49)46-23-13-18-42(38-46)50-28-15-29-54-53-26-10-12-31-57(53)61-58(50)54/h1-39H. The van der Waals surface area contributed by atoms with E-state index in [-0.39, 0.29) is 0 Å². The van der Waals surface area contributed by atoms with Crippen LogP contribution in [0, 0.1) is 0 Å². The van der Waals surface area contributed by atoms with Gasteiger partial charge < -0.3 is 4.90 Å². The lowest BCUT2D eigenvalue weighted by Gasteiger charge is -2.35. The second-order valence-electron chi connectivity index (χ2n) is 16.0. The Morgan fingerprint density at radius 1 is 0.328 bits per heavy atom. The number of fused-ring (bicyclic) bond motifs is 7. The molecule has 0 aliphatic heterocycles. The normalized spacial score (nSPS) is 12.7. The van der Waals surface area contributed by atoms with E-state index in [0.29, 0.717) is 0 Å². The molecule has 0 saturated heterocycles. The molecule has 12 rings (SSSR count). The minimum atomic E-state index is -0.507. The van der Waals surface area contributed by atoms with Crippen molar-refractivity contribution in [3.05, 3.63) is 259 Å². The molecule has 0 spiro atoms. The second kappa shape index (κ2) is 14.3. The Morgan fingerprint density at radius 3 is 1.72 bits per heavy atom. The van der Waals surface area contributed by atoms with Gasteiger partial charge in [0, 0.05) is 37.2 Å². The number of anilines is 3. The average molecular weight is 794 g/mol. The van der Waals surface area contributed by atoms with Crippen molar-refractivity contribution in [1.29, 1.82) is 0 Å². The van der Waals surface area contributed by atoms with Gasteiger partial charge in [-0.25, -0.2) is 0 Å². The zero-order chi connectivity index (χ0) is 40.3. The Kier molecular flexibility index (Phi) is 8.33. The Labute approximate surface area is 360 Å². The third-order valence-electron chi connectivity index (χ3n) is 12.7. The molecule has 0 bridgehead atoms. The summed E-state index contributed by atoms with van der Waals surface area (Å²) < 4.78 is 2.63. The van der Waals surface area contributed by atoms with Crippen LogP contribution in [-0.2, 0) is 5.41 Å². The summed E-state index contributed by atoms with van der Waals surface area (Å²) in [4.78, 5) is 2.45. The SMILES string of the molecule is c1ccc(C2(c3ccccc3)c3ccccc3-c3ccc(N(c4ccc(-c5cccc6ccccc56)cc4)c4cccc(-c5cccc6c5sc5ccccc56)c4)cc32)cc1. The first kappa shape index (κ1) is 35.4. The lowest BCUT2D eigenvalue weighted by atomic mass is 9.67. The van der Waals surface area contributed by atoms with E-state index in [1.807, 2.05) is 11.3 Å². The van der Waals surface area contributed by atoms with Crippen LogP contribution >= 0.6 is 11.3 Å². The highest BCUT2D eigenvalue weighted by molar-refractivity contribution is 7.26. The first-order valence-electron chi connectivity index (χ1n) is 21.0. The van der Waals surface area contributed by atoms with Gasteiger partial charge in [0.25, 0.3) is 0 Å². The van der Waals surface area contributed by atoms with Gasteiger partial charge in [0.05, 0.1) is 5.41 Å². The topological polar surface area (TPSA) is 3.24 Å². The third-order valence-corrected chi connectivity index (χ3v) is 14.0. The van der Waals surface area contributed by atoms with Gasteiger partial charge in [0.2, 0.25) is 0 Å². The summed E-state index contributed by atoms with van der Waals surface area (Å²) in [6.07, 6.45) is 0. The zero-order valence-corrected chi connectivity index (χ0v) is 34.2. The van der Waals surface area contributed by atoms with Gasteiger partial charge >= 0.3 is 0 Å². The van der Waals surface area contributed by atoms with Crippen LogP contribution in [0.1, 0.15) is 22.3 Å². The number of nitrogens with zero attached hydrogens (tertiary/aromatic N) is 1. The molecule has 0 atom stereocenters. The Bertz CT molecular complexity index is 3370. The molecule has 0 fully saturated rings. The fourth-order valence-corrected chi connectivity index (χ4v) is 11.3. The average Bonchev–Trinajstić information content (AvgIpc) is 3.86. The maximum atomic E-state index is 2.47. The third kappa shape index (κ3) is 5.60. The molecular formula is C59H39NS. The van der Waals surface area contributed by atoms with E-state index in [0.717, 1.165) is 17.1 Å². The quantitative estimate of drug-likeness (QED) is 0.155. The molecule has 2 heteroatoms. The molecule has 0 saturated carbocycles. The Morgan fingerprint density at radius 2 is 0.902 bits per heavy atom. The molecule has 1 heterocycles. The van der Waals surface area contributed by atoms with Crippen molar-refractivity contribution in [3.63, 3.8) is 0 Å². The van der Waals surface area contributed by atoms with Crippen LogP contribution in [0.5, 0.6) is 0 Å². The van der Waals surface area contributed by atoms with Gasteiger partial charge in [-0.2, -0.15) is 0 Å². The molecule has 286 valence electrons. The zero-order valence-electron chi connectivity index (χ0n) is 33.4. The van der Waals surface area contributed by atoms with Crippen molar-refractivity contribution in [2.24, 2.45) is 0 Å². The second-order valence-corrected chi connectivity index (χ2v) is 17.0. The fourth-order valence-electron chi connectivity index (χ4n) is 10.1. The lowest BCUT2D eigenvalue weighted by Crippen LogP contribution is -2.28. The highest BCUT2D eigenvalue weighted by Gasteiger charge is 2.46. The van der Waals surface area contributed by atoms with E-state index in [1.54, 1.807) is 0 Å². The van der Waals surface area contributed by atoms with Crippen LogP contribution in [0.4, 0.5) is 17.1 Å². The van der Waals surface area contributed by atoms with Crippen molar-refractivity contribution in [2.75, 3.05) is 4.90 Å². The van der Waals surface area contributed by atoms with E-state index < -0.39 is 5.41 Å². The predicted octanol–water partition coefficient (Wildman–Crippen LogP) is 16.4. The first-order chi connectivity index (χ1) is 30.3. The van der Waals surface area contributed by atoms with Crippen LogP contribution < -0.4 is 4.90 Å². The first-order valence-corrected chi connectivity index (χ1v) is 21.8. The Hall–Kier alpha value is -7.52. The summed E-state index contributed by atoms with van der Waals surface area (Å²) in [6.45, 7) is 0. The number of hydrogen-bond acceptors (Lipinski definition) is 2. The van der Waals surface area contributed by atoms with Crippen LogP contribution in [0.2, 0.25) is 0 Å². The minimum absolute atomic E-state index is 0.507. The van der Waals surface area contributed by atoms with Crippen molar-refractivity contribution in [1.82, 2.24) is 0 Å². The fraction of sp³-hybridized carbons (Fsp3) is 0.0169. The van der Waals surface area contributed by atoms with Gasteiger partial charge in [0.1, 0.15) is 0 Å². The number of rotatable bonds is 7. The molecule has 0 N–H and O–H groups in total. The van der Waals surface area contributed by atoms with E-state index in [9.17, 15) is 0 Å². The summed E-state index contributed by atoms with van der Waals surface area (Å²) in [5.41, 5.74) is 15.3. The molecule has 10 aromatic carbocycles. The smallest absolute Gasteiger partial charge is 0.0714 e. The number of benzene rings is 10. The Balaban J connectivity index is 1.08. The van der Waals surface area contributed by atoms with Gasteiger partial charge in [-0.1, -0.05) is 194 Å². The molecule has 11 aromatic rings. The van der Waals surface area contributed by atoms with Crippen molar-refractivity contribution >= 4 is 59.3 Å². The molecule has 1 aliphatic rings. The molecule has 0 unspecified atom stereocenters. The largest absolute Gasteiger partial charge is 0.310 e. The molecular weight excluding hydrogens is 755 g/mol. The van der Waals surface area contributed by atoms with Crippen LogP contribution in [0.25, 0.3) is 64.3 Å². The van der Waals surface area contributed by atoms with Crippen molar-refractivity contribution in [2.45, 2.75) is 5.41 Å². The maximum absolute atomic E-state index is 2.47. The number of hydrogen-bond donors (Lipinski definition) is 0. The molecule has 1 nitrogen and oxygen atoms in total. The van der Waals surface area contributed by atoms with Crippen molar-refractivity contribution in [3.8, 4) is 33.4 Å². The van der Waals surface area contributed by atoms with Crippen LogP contribution in [0.15, 0.2) is 237 Å². The lowest BCUT2D eigenvalue weighted by molar-refractivity contribution is 0.768. The minimum Gasteiger partial charge on any atom is -0.310 e. The van der Waals surface area contributed by atoms with E-state index in [4.69, 9.17) is 0 Å². The maximum Gasteiger partial charge on any atom is 0.0714 e. The van der Waals surface area contributed by atoms with Gasteiger partial charge in [-0.15, -0.1) is 11.3 Å². The van der Waals surface area contributed by atoms with E-state index in [1.165, 1.54) is 86.6 Å². The summed E-state index contributed by atoms with van der Waals surface area (Å²) in [5, 5.41) is 5.12. The van der Waals surface area contributed by atoms with Gasteiger partial charge in [0.15, 0.2) is 0 Å². The molecule has 1 aliphatic carbocycles. The van der Waals surface area contributed by atoms with Crippen molar-refractivity contribution < 1.29 is 0 Å². The molecule has 0 radical (unpaired) electrons. The number of thiophene rings is 1. The van der Waals surface area contributed by atoms with Gasteiger partial charge in [-0.3, -0.25) is 0 Å².